The highest BCUT2D eigenvalue weighted by Crippen LogP contribution is 2.21. The second kappa shape index (κ2) is 6.88. The Morgan fingerprint density at radius 2 is 1.94 bits per heavy atom. The molecule has 0 bridgehead atoms. The number of hydrogen-bond acceptors (Lipinski definition) is 3. The Morgan fingerprint density at radius 1 is 1.22 bits per heavy atom. The maximum absolute atomic E-state index is 3.61. The molecule has 0 amide bonds. The van der Waals surface area contributed by atoms with E-state index in [1.807, 2.05) is 0 Å². The summed E-state index contributed by atoms with van der Waals surface area (Å²) in [6.45, 7) is 11.0. The molecule has 2 rings (SSSR count). The summed E-state index contributed by atoms with van der Waals surface area (Å²) in [6.07, 6.45) is 5.52. The van der Waals surface area contributed by atoms with E-state index in [1.165, 1.54) is 58.4 Å². The van der Waals surface area contributed by atoms with Gasteiger partial charge in [0.15, 0.2) is 0 Å². The highest BCUT2D eigenvalue weighted by atomic mass is 15.2. The summed E-state index contributed by atoms with van der Waals surface area (Å²) >= 11 is 0. The molecule has 2 saturated heterocycles. The Balaban J connectivity index is 1.73. The normalized spacial score (nSPS) is 32.8. The zero-order valence-corrected chi connectivity index (χ0v) is 12.5. The topological polar surface area (TPSA) is 18.5 Å². The second-order valence-electron chi connectivity index (χ2n) is 6.40. The molecule has 0 aromatic heterocycles. The first-order chi connectivity index (χ1) is 8.69. The maximum Gasteiger partial charge on any atom is 0.0218 e. The van der Waals surface area contributed by atoms with E-state index in [0.29, 0.717) is 6.04 Å². The van der Waals surface area contributed by atoms with Crippen LogP contribution < -0.4 is 5.32 Å². The SMILES string of the molecule is CCC1CNC(C)CN1CCC1CCN(C)CC1. The summed E-state index contributed by atoms with van der Waals surface area (Å²) in [5, 5.41) is 3.61. The molecule has 3 heteroatoms. The van der Waals surface area contributed by atoms with Crippen LogP contribution in [0.3, 0.4) is 0 Å². The van der Waals surface area contributed by atoms with Gasteiger partial charge in [-0.3, -0.25) is 4.90 Å². The van der Waals surface area contributed by atoms with Gasteiger partial charge in [-0.05, 0) is 65.2 Å². The molecule has 2 aliphatic rings. The minimum absolute atomic E-state index is 0.672. The Labute approximate surface area is 113 Å². The van der Waals surface area contributed by atoms with Crippen molar-refractivity contribution >= 4 is 0 Å². The fraction of sp³-hybridized carbons (Fsp3) is 1.00. The van der Waals surface area contributed by atoms with Crippen molar-refractivity contribution in [2.75, 3.05) is 39.8 Å². The predicted octanol–water partition coefficient (Wildman–Crippen LogP) is 1.79. The van der Waals surface area contributed by atoms with E-state index in [-0.39, 0.29) is 0 Å². The van der Waals surface area contributed by atoms with Crippen molar-refractivity contribution < 1.29 is 0 Å². The van der Waals surface area contributed by atoms with Gasteiger partial charge in [-0.25, -0.2) is 0 Å². The van der Waals surface area contributed by atoms with Crippen LogP contribution in [-0.2, 0) is 0 Å². The third-order valence-corrected chi connectivity index (χ3v) is 4.86. The number of hydrogen-bond donors (Lipinski definition) is 1. The molecule has 0 aromatic rings. The maximum atomic E-state index is 3.61. The van der Waals surface area contributed by atoms with Crippen LogP contribution in [0.25, 0.3) is 0 Å². The van der Waals surface area contributed by atoms with Gasteiger partial charge in [0, 0.05) is 25.2 Å². The van der Waals surface area contributed by atoms with Crippen molar-refractivity contribution in [2.24, 2.45) is 5.92 Å². The predicted molar refractivity (Wildman–Crippen MR) is 78.0 cm³/mol. The Kier molecular flexibility index (Phi) is 5.46. The van der Waals surface area contributed by atoms with Crippen LogP contribution in [0.15, 0.2) is 0 Å². The molecule has 106 valence electrons. The lowest BCUT2D eigenvalue weighted by Crippen LogP contribution is -2.55. The van der Waals surface area contributed by atoms with Crippen LogP contribution in [0.4, 0.5) is 0 Å². The molecule has 0 spiro atoms. The van der Waals surface area contributed by atoms with E-state index >= 15 is 0 Å². The molecule has 3 nitrogen and oxygen atoms in total. The van der Waals surface area contributed by atoms with Gasteiger partial charge in [-0.2, -0.15) is 0 Å². The van der Waals surface area contributed by atoms with Crippen molar-refractivity contribution in [3.63, 3.8) is 0 Å². The van der Waals surface area contributed by atoms with Crippen LogP contribution >= 0.6 is 0 Å². The number of piperidine rings is 1. The number of rotatable bonds is 4. The van der Waals surface area contributed by atoms with E-state index in [2.05, 4.69) is 36.0 Å². The van der Waals surface area contributed by atoms with Crippen molar-refractivity contribution in [2.45, 2.75) is 51.6 Å². The van der Waals surface area contributed by atoms with E-state index < -0.39 is 0 Å². The summed E-state index contributed by atoms with van der Waals surface area (Å²) in [6, 6.07) is 1.44. The first kappa shape index (κ1) is 14.3. The molecular formula is C15H31N3. The van der Waals surface area contributed by atoms with Crippen molar-refractivity contribution in [1.29, 1.82) is 0 Å². The van der Waals surface area contributed by atoms with Crippen LogP contribution in [0.1, 0.15) is 39.5 Å². The average molecular weight is 253 g/mol. The molecule has 2 unspecified atom stereocenters. The molecular weight excluding hydrogens is 222 g/mol. The van der Waals surface area contributed by atoms with E-state index in [9.17, 15) is 0 Å². The average Bonchev–Trinajstić information content (AvgIpc) is 2.38. The lowest BCUT2D eigenvalue weighted by Gasteiger charge is -2.40. The van der Waals surface area contributed by atoms with Crippen molar-refractivity contribution in [1.82, 2.24) is 15.1 Å². The van der Waals surface area contributed by atoms with Gasteiger partial charge < -0.3 is 10.2 Å². The van der Waals surface area contributed by atoms with Gasteiger partial charge in [0.25, 0.3) is 0 Å². The van der Waals surface area contributed by atoms with Crippen LogP contribution in [0.2, 0.25) is 0 Å². The van der Waals surface area contributed by atoms with Crippen LogP contribution in [0.5, 0.6) is 0 Å². The zero-order chi connectivity index (χ0) is 13.0. The molecule has 0 aliphatic carbocycles. The van der Waals surface area contributed by atoms with Crippen LogP contribution in [0, 0.1) is 5.92 Å². The summed E-state index contributed by atoms with van der Waals surface area (Å²) in [4.78, 5) is 5.21. The zero-order valence-electron chi connectivity index (χ0n) is 12.5. The quantitative estimate of drug-likeness (QED) is 0.824. The summed E-state index contributed by atoms with van der Waals surface area (Å²) in [5.74, 6) is 0.976. The van der Waals surface area contributed by atoms with Crippen molar-refractivity contribution in [3.05, 3.63) is 0 Å². The molecule has 0 saturated carbocycles. The fourth-order valence-corrected chi connectivity index (χ4v) is 3.41. The fourth-order valence-electron chi connectivity index (χ4n) is 3.41. The number of nitrogens with one attached hydrogen (secondary N) is 1. The van der Waals surface area contributed by atoms with Crippen molar-refractivity contribution in [3.8, 4) is 0 Å². The largest absolute Gasteiger partial charge is 0.311 e. The third-order valence-electron chi connectivity index (χ3n) is 4.86. The minimum Gasteiger partial charge on any atom is -0.311 e. The van der Waals surface area contributed by atoms with Gasteiger partial charge >= 0.3 is 0 Å². The summed E-state index contributed by atoms with van der Waals surface area (Å²) in [5.41, 5.74) is 0. The lowest BCUT2D eigenvalue weighted by molar-refractivity contribution is 0.114. The Bertz CT molecular complexity index is 236. The second-order valence-corrected chi connectivity index (χ2v) is 6.40. The summed E-state index contributed by atoms with van der Waals surface area (Å²) < 4.78 is 0. The van der Waals surface area contributed by atoms with E-state index in [4.69, 9.17) is 0 Å². The lowest BCUT2D eigenvalue weighted by atomic mass is 9.93. The molecule has 2 fully saturated rings. The van der Waals surface area contributed by atoms with Gasteiger partial charge in [0.05, 0.1) is 0 Å². The molecule has 0 aromatic carbocycles. The summed E-state index contributed by atoms with van der Waals surface area (Å²) in [7, 11) is 2.25. The monoisotopic (exact) mass is 253 g/mol. The third kappa shape index (κ3) is 3.94. The number of likely N-dealkylation sites (tertiary alicyclic amines) is 1. The van der Waals surface area contributed by atoms with E-state index in [1.54, 1.807) is 0 Å². The molecule has 18 heavy (non-hydrogen) atoms. The van der Waals surface area contributed by atoms with Gasteiger partial charge in [0.2, 0.25) is 0 Å². The first-order valence-electron chi connectivity index (χ1n) is 7.85. The minimum atomic E-state index is 0.672. The first-order valence-corrected chi connectivity index (χ1v) is 7.85. The van der Waals surface area contributed by atoms with Gasteiger partial charge in [-0.15, -0.1) is 0 Å². The smallest absolute Gasteiger partial charge is 0.0218 e. The number of nitrogens with zero attached hydrogens (tertiary/aromatic N) is 2. The number of piperazine rings is 1. The van der Waals surface area contributed by atoms with Gasteiger partial charge in [0.1, 0.15) is 0 Å². The van der Waals surface area contributed by atoms with Gasteiger partial charge in [-0.1, -0.05) is 6.92 Å². The van der Waals surface area contributed by atoms with Crippen LogP contribution in [-0.4, -0.2) is 61.7 Å². The Hall–Kier alpha value is -0.120. The molecule has 2 heterocycles. The molecule has 2 aliphatic heterocycles. The molecule has 1 N–H and O–H groups in total. The van der Waals surface area contributed by atoms with E-state index in [0.717, 1.165) is 12.0 Å². The highest BCUT2D eigenvalue weighted by molar-refractivity contribution is 4.84. The molecule has 2 atom stereocenters. The standard InChI is InChI=1S/C15H31N3/c1-4-15-11-16-13(2)12-18(15)10-7-14-5-8-17(3)9-6-14/h13-16H,4-12H2,1-3H3. The Morgan fingerprint density at radius 3 is 2.61 bits per heavy atom. The highest BCUT2D eigenvalue weighted by Gasteiger charge is 2.25. The molecule has 0 radical (unpaired) electrons.